The summed E-state index contributed by atoms with van der Waals surface area (Å²) in [5.41, 5.74) is 0. The highest BCUT2D eigenvalue weighted by molar-refractivity contribution is 4.95. The molecule has 2 rings (SSSR count). The van der Waals surface area contributed by atoms with Gasteiger partial charge in [-0.3, -0.25) is 0 Å². The first kappa shape index (κ1) is 9.47. The second kappa shape index (κ2) is 3.25. The van der Waals surface area contributed by atoms with Crippen molar-refractivity contribution >= 4 is 0 Å². The number of hydrogen-bond donors (Lipinski definition) is 1. The molecular formula is C11H21NO. The Morgan fingerprint density at radius 1 is 1.15 bits per heavy atom. The third-order valence-electron chi connectivity index (χ3n) is 4.20. The van der Waals surface area contributed by atoms with Crippen molar-refractivity contribution in [1.29, 1.82) is 0 Å². The summed E-state index contributed by atoms with van der Waals surface area (Å²) in [5.74, 6) is 2.79. The van der Waals surface area contributed by atoms with Gasteiger partial charge < -0.3 is 10.0 Å². The summed E-state index contributed by atoms with van der Waals surface area (Å²) in [6.07, 6.45) is 1.00. The summed E-state index contributed by atoms with van der Waals surface area (Å²) in [6.45, 7) is 6.94. The second-order valence-corrected chi connectivity index (χ2v) is 5.19. The molecule has 1 aliphatic heterocycles. The number of rotatable bonds is 0. The molecule has 1 heterocycles. The Morgan fingerprint density at radius 3 is 2.54 bits per heavy atom. The molecule has 1 aliphatic carbocycles. The van der Waals surface area contributed by atoms with Gasteiger partial charge in [0.2, 0.25) is 0 Å². The molecule has 0 bridgehead atoms. The van der Waals surface area contributed by atoms with Gasteiger partial charge in [-0.1, -0.05) is 13.8 Å². The van der Waals surface area contributed by atoms with Crippen LogP contribution in [0.25, 0.3) is 0 Å². The van der Waals surface area contributed by atoms with Gasteiger partial charge in [-0.15, -0.1) is 0 Å². The van der Waals surface area contributed by atoms with Crippen LogP contribution in [0.15, 0.2) is 0 Å². The average Bonchev–Trinajstić information content (AvgIpc) is 2.32. The van der Waals surface area contributed by atoms with E-state index in [0.717, 1.165) is 24.2 Å². The van der Waals surface area contributed by atoms with Crippen molar-refractivity contribution in [1.82, 2.24) is 4.90 Å². The molecule has 13 heavy (non-hydrogen) atoms. The maximum Gasteiger partial charge on any atom is 0.0571 e. The fraction of sp³-hybridized carbons (Fsp3) is 1.00. The van der Waals surface area contributed by atoms with Crippen LogP contribution in [0.4, 0.5) is 0 Å². The van der Waals surface area contributed by atoms with Crippen LogP contribution in [0.3, 0.4) is 0 Å². The van der Waals surface area contributed by atoms with Gasteiger partial charge in [-0.05, 0) is 37.1 Å². The lowest BCUT2D eigenvalue weighted by Gasteiger charge is -2.38. The van der Waals surface area contributed by atoms with Gasteiger partial charge in [-0.25, -0.2) is 0 Å². The first-order valence-electron chi connectivity index (χ1n) is 5.46. The Kier molecular flexibility index (Phi) is 2.37. The maximum absolute atomic E-state index is 9.81. The van der Waals surface area contributed by atoms with Crippen LogP contribution in [-0.4, -0.2) is 36.2 Å². The molecular weight excluding hydrogens is 162 g/mol. The van der Waals surface area contributed by atoms with Gasteiger partial charge in [0, 0.05) is 13.1 Å². The predicted molar refractivity (Wildman–Crippen MR) is 53.4 cm³/mol. The quantitative estimate of drug-likeness (QED) is 0.610. The number of hydrogen-bond acceptors (Lipinski definition) is 2. The van der Waals surface area contributed by atoms with Gasteiger partial charge in [-0.2, -0.15) is 0 Å². The van der Waals surface area contributed by atoms with Crippen LogP contribution in [-0.2, 0) is 0 Å². The maximum atomic E-state index is 9.81. The van der Waals surface area contributed by atoms with Crippen molar-refractivity contribution in [2.75, 3.05) is 20.1 Å². The van der Waals surface area contributed by atoms with Crippen LogP contribution >= 0.6 is 0 Å². The molecule has 0 amide bonds. The minimum Gasteiger partial charge on any atom is -0.393 e. The van der Waals surface area contributed by atoms with E-state index in [4.69, 9.17) is 0 Å². The van der Waals surface area contributed by atoms with E-state index in [-0.39, 0.29) is 6.10 Å². The Balaban J connectivity index is 2.12. The molecule has 0 aromatic heterocycles. The highest BCUT2D eigenvalue weighted by Gasteiger charge is 2.44. The molecule has 5 atom stereocenters. The fourth-order valence-corrected chi connectivity index (χ4v) is 3.36. The Labute approximate surface area is 80.9 Å². The molecule has 1 N–H and O–H groups in total. The van der Waals surface area contributed by atoms with Crippen LogP contribution in [0.1, 0.15) is 20.3 Å². The zero-order valence-electron chi connectivity index (χ0n) is 8.90. The lowest BCUT2D eigenvalue weighted by molar-refractivity contribution is 0.0850. The topological polar surface area (TPSA) is 23.5 Å². The SMILES string of the molecule is CC1CN(C)CC2C(C)C(O)CC12. The largest absolute Gasteiger partial charge is 0.393 e. The summed E-state index contributed by atoms with van der Waals surface area (Å²) in [5, 5.41) is 9.81. The number of aliphatic hydroxyl groups is 1. The molecule has 0 radical (unpaired) electrons. The smallest absolute Gasteiger partial charge is 0.0571 e. The molecule has 2 fully saturated rings. The summed E-state index contributed by atoms with van der Waals surface area (Å²) in [6, 6.07) is 0. The Bertz CT molecular complexity index is 195. The van der Waals surface area contributed by atoms with Crippen molar-refractivity contribution in [3.8, 4) is 0 Å². The standard InChI is InChI=1S/C11H21NO/c1-7-5-12(3)6-10-8(2)11(13)4-9(7)10/h7-11,13H,4-6H2,1-3H3. The first-order chi connectivity index (χ1) is 6.09. The number of fused-ring (bicyclic) bond motifs is 1. The van der Waals surface area contributed by atoms with Gasteiger partial charge in [0.05, 0.1) is 6.10 Å². The Morgan fingerprint density at radius 2 is 1.85 bits per heavy atom. The van der Waals surface area contributed by atoms with E-state index in [1.807, 2.05) is 0 Å². The minimum atomic E-state index is -0.0380. The van der Waals surface area contributed by atoms with E-state index >= 15 is 0 Å². The van der Waals surface area contributed by atoms with Crippen LogP contribution in [0.5, 0.6) is 0 Å². The van der Waals surface area contributed by atoms with E-state index in [2.05, 4.69) is 25.8 Å². The average molecular weight is 183 g/mol. The summed E-state index contributed by atoms with van der Waals surface area (Å²) >= 11 is 0. The van der Waals surface area contributed by atoms with E-state index < -0.39 is 0 Å². The molecule has 0 aromatic carbocycles. The molecule has 2 nitrogen and oxygen atoms in total. The predicted octanol–water partition coefficient (Wildman–Crippen LogP) is 1.20. The molecule has 1 saturated carbocycles. The summed E-state index contributed by atoms with van der Waals surface area (Å²) in [7, 11) is 2.20. The number of nitrogens with zero attached hydrogens (tertiary/aromatic N) is 1. The second-order valence-electron chi connectivity index (χ2n) is 5.19. The lowest BCUT2D eigenvalue weighted by Crippen LogP contribution is -2.42. The molecule has 5 unspecified atom stereocenters. The Hall–Kier alpha value is -0.0800. The normalized spacial score (nSPS) is 52.2. The van der Waals surface area contributed by atoms with Crippen LogP contribution in [0.2, 0.25) is 0 Å². The number of likely N-dealkylation sites (tertiary alicyclic amines) is 1. The molecule has 0 spiro atoms. The highest BCUT2D eigenvalue weighted by atomic mass is 16.3. The van der Waals surface area contributed by atoms with Gasteiger partial charge in [0.1, 0.15) is 0 Å². The first-order valence-corrected chi connectivity index (χ1v) is 5.46. The van der Waals surface area contributed by atoms with Crippen molar-refractivity contribution < 1.29 is 5.11 Å². The van der Waals surface area contributed by atoms with E-state index in [0.29, 0.717) is 5.92 Å². The third-order valence-corrected chi connectivity index (χ3v) is 4.20. The van der Waals surface area contributed by atoms with Gasteiger partial charge in [0.15, 0.2) is 0 Å². The number of piperidine rings is 1. The van der Waals surface area contributed by atoms with E-state index in [1.165, 1.54) is 13.1 Å². The van der Waals surface area contributed by atoms with E-state index in [1.54, 1.807) is 0 Å². The van der Waals surface area contributed by atoms with Crippen molar-refractivity contribution in [2.45, 2.75) is 26.4 Å². The third kappa shape index (κ3) is 1.50. The van der Waals surface area contributed by atoms with Crippen molar-refractivity contribution in [3.05, 3.63) is 0 Å². The van der Waals surface area contributed by atoms with Crippen molar-refractivity contribution in [2.24, 2.45) is 23.7 Å². The number of aliphatic hydroxyl groups excluding tert-OH is 1. The van der Waals surface area contributed by atoms with Crippen LogP contribution < -0.4 is 0 Å². The molecule has 1 saturated heterocycles. The fourth-order valence-electron chi connectivity index (χ4n) is 3.36. The summed E-state index contributed by atoms with van der Waals surface area (Å²) in [4.78, 5) is 2.42. The zero-order chi connectivity index (χ0) is 9.59. The van der Waals surface area contributed by atoms with Crippen LogP contribution in [0, 0.1) is 23.7 Å². The van der Waals surface area contributed by atoms with E-state index in [9.17, 15) is 5.11 Å². The molecule has 76 valence electrons. The van der Waals surface area contributed by atoms with Gasteiger partial charge >= 0.3 is 0 Å². The lowest BCUT2D eigenvalue weighted by atomic mass is 9.79. The van der Waals surface area contributed by atoms with Gasteiger partial charge in [0.25, 0.3) is 0 Å². The zero-order valence-corrected chi connectivity index (χ0v) is 8.90. The van der Waals surface area contributed by atoms with Crippen molar-refractivity contribution in [3.63, 3.8) is 0 Å². The summed E-state index contributed by atoms with van der Waals surface area (Å²) < 4.78 is 0. The minimum absolute atomic E-state index is 0.0380. The molecule has 2 heteroatoms. The molecule has 0 aromatic rings. The highest BCUT2D eigenvalue weighted by Crippen LogP contribution is 2.44. The monoisotopic (exact) mass is 183 g/mol. The molecule has 2 aliphatic rings.